The van der Waals surface area contributed by atoms with Crippen LogP contribution in [0.1, 0.15) is 36.1 Å². The Bertz CT molecular complexity index is 1190. The SMILES string of the molecule is CCn1c(CCc2ccc(NC(=O)CCn3nc(C)cc3C)cc2)nc2ccccc21. The van der Waals surface area contributed by atoms with Gasteiger partial charge >= 0.3 is 0 Å². The maximum absolute atomic E-state index is 12.3. The molecule has 2 aromatic carbocycles. The van der Waals surface area contributed by atoms with Crippen molar-refractivity contribution in [3.63, 3.8) is 0 Å². The number of nitrogens with zero attached hydrogens (tertiary/aromatic N) is 4. The third-order valence-electron chi connectivity index (χ3n) is 5.58. The molecule has 6 heteroatoms. The van der Waals surface area contributed by atoms with E-state index < -0.39 is 0 Å². The zero-order chi connectivity index (χ0) is 21.8. The van der Waals surface area contributed by atoms with E-state index in [2.05, 4.69) is 52.2 Å². The molecule has 0 unspecified atom stereocenters. The number of carbonyl (C=O) groups is 1. The first-order chi connectivity index (χ1) is 15.0. The van der Waals surface area contributed by atoms with E-state index >= 15 is 0 Å². The number of benzene rings is 2. The molecule has 31 heavy (non-hydrogen) atoms. The fourth-order valence-electron chi connectivity index (χ4n) is 4.01. The number of hydrogen-bond donors (Lipinski definition) is 1. The van der Waals surface area contributed by atoms with Crippen LogP contribution in [0.25, 0.3) is 11.0 Å². The third-order valence-corrected chi connectivity index (χ3v) is 5.58. The summed E-state index contributed by atoms with van der Waals surface area (Å²) in [4.78, 5) is 17.1. The average Bonchev–Trinajstić information content (AvgIpc) is 3.29. The first-order valence-electron chi connectivity index (χ1n) is 10.9. The summed E-state index contributed by atoms with van der Waals surface area (Å²) >= 11 is 0. The largest absolute Gasteiger partial charge is 0.328 e. The lowest BCUT2D eigenvalue weighted by atomic mass is 10.1. The summed E-state index contributed by atoms with van der Waals surface area (Å²) in [6.45, 7) is 7.62. The minimum absolute atomic E-state index is 0.00281. The number of hydrogen-bond acceptors (Lipinski definition) is 3. The molecule has 0 aliphatic carbocycles. The molecule has 0 spiro atoms. The van der Waals surface area contributed by atoms with Gasteiger partial charge < -0.3 is 9.88 Å². The van der Waals surface area contributed by atoms with Crippen molar-refractivity contribution in [2.45, 2.75) is 53.1 Å². The van der Waals surface area contributed by atoms with E-state index in [-0.39, 0.29) is 5.91 Å². The fraction of sp³-hybridized carbons (Fsp3) is 0.320. The Labute approximate surface area is 182 Å². The summed E-state index contributed by atoms with van der Waals surface area (Å²) in [6.07, 6.45) is 2.20. The summed E-state index contributed by atoms with van der Waals surface area (Å²) in [5.74, 6) is 1.11. The lowest BCUT2D eigenvalue weighted by molar-refractivity contribution is -0.116. The number of nitrogens with one attached hydrogen (secondary N) is 1. The zero-order valence-corrected chi connectivity index (χ0v) is 18.4. The Hall–Kier alpha value is -3.41. The second kappa shape index (κ2) is 9.16. The smallest absolute Gasteiger partial charge is 0.226 e. The lowest BCUT2D eigenvalue weighted by Gasteiger charge is -2.09. The molecule has 2 heterocycles. The Morgan fingerprint density at radius 3 is 2.52 bits per heavy atom. The highest BCUT2D eigenvalue weighted by atomic mass is 16.1. The van der Waals surface area contributed by atoms with Crippen molar-refractivity contribution in [3.05, 3.63) is 77.4 Å². The van der Waals surface area contributed by atoms with E-state index in [0.717, 1.165) is 47.8 Å². The van der Waals surface area contributed by atoms with Gasteiger partial charge in [-0.15, -0.1) is 0 Å². The van der Waals surface area contributed by atoms with Gasteiger partial charge in [-0.3, -0.25) is 9.48 Å². The van der Waals surface area contributed by atoms with Gasteiger partial charge in [0.15, 0.2) is 0 Å². The van der Waals surface area contributed by atoms with E-state index in [1.165, 1.54) is 11.1 Å². The number of aryl methyl sites for hydroxylation is 6. The van der Waals surface area contributed by atoms with E-state index in [4.69, 9.17) is 4.98 Å². The molecule has 0 aliphatic heterocycles. The maximum Gasteiger partial charge on any atom is 0.226 e. The Morgan fingerprint density at radius 1 is 1.03 bits per heavy atom. The Kier molecular flexibility index (Phi) is 6.16. The fourth-order valence-corrected chi connectivity index (χ4v) is 4.01. The molecular weight excluding hydrogens is 386 g/mol. The molecule has 0 fully saturated rings. The second-order valence-electron chi connectivity index (χ2n) is 7.91. The van der Waals surface area contributed by atoms with Crippen molar-refractivity contribution in [2.75, 3.05) is 5.32 Å². The van der Waals surface area contributed by atoms with Crippen LogP contribution in [0, 0.1) is 13.8 Å². The van der Waals surface area contributed by atoms with Gasteiger partial charge in [-0.05, 0) is 63.1 Å². The van der Waals surface area contributed by atoms with Crippen molar-refractivity contribution in [3.8, 4) is 0 Å². The lowest BCUT2D eigenvalue weighted by Crippen LogP contribution is -2.15. The van der Waals surface area contributed by atoms with Crippen molar-refractivity contribution in [2.24, 2.45) is 0 Å². The van der Waals surface area contributed by atoms with Crippen LogP contribution in [0.2, 0.25) is 0 Å². The minimum Gasteiger partial charge on any atom is -0.328 e. The van der Waals surface area contributed by atoms with Crippen LogP contribution >= 0.6 is 0 Å². The van der Waals surface area contributed by atoms with Crippen molar-refractivity contribution < 1.29 is 4.79 Å². The second-order valence-corrected chi connectivity index (χ2v) is 7.91. The number of anilines is 1. The van der Waals surface area contributed by atoms with Crippen LogP contribution in [-0.4, -0.2) is 25.2 Å². The molecule has 0 saturated heterocycles. The molecular formula is C25H29N5O. The Morgan fingerprint density at radius 2 is 1.81 bits per heavy atom. The predicted molar refractivity (Wildman–Crippen MR) is 124 cm³/mol. The number of fused-ring (bicyclic) bond motifs is 1. The molecule has 4 aromatic rings. The van der Waals surface area contributed by atoms with Gasteiger partial charge in [-0.2, -0.15) is 5.10 Å². The van der Waals surface area contributed by atoms with Crippen molar-refractivity contribution in [1.82, 2.24) is 19.3 Å². The summed E-state index contributed by atoms with van der Waals surface area (Å²) in [6, 6.07) is 18.4. The molecule has 0 saturated carbocycles. The van der Waals surface area contributed by atoms with Crippen LogP contribution in [0.5, 0.6) is 0 Å². The first kappa shape index (κ1) is 20.8. The molecule has 0 bridgehead atoms. The van der Waals surface area contributed by atoms with Gasteiger partial charge in [0.05, 0.1) is 16.7 Å². The molecule has 0 aliphatic rings. The molecule has 2 aromatic heterocycles. The molecule has 4 rings (SSSR count). The number of imidazole rings is 1. The van der Waals surface area contributed by atoms with Gasteiger partial charge in [0.1, 0.15) is 5.82 Å². The van der Waals surface area contributed by atoms with Crippen LogP contribution in [0.3, 0.4) is 0 Å². The third kappa shape index (κ3) is 4.85. The monoisotopic (exact) mass is 415 g/mol. The molecule has 0 radical (unpaired) electrons. The maximum atomic E-state index is 12.3. The summed E-state index contributed by atoms with van der Waals surface area (Å²) in [5.41, 5.74) is 6.35. The quantitative estimate of drug-likeness (QED) is 0.454. The van der Waals surface area contributed by atoms with Crippen molar-refractivity contribution in [1.29, 1.82) is 0 Å². The highest BCUT2D eigenvalue weighted by Crippen LogP contribution is 2.18. The molecule has 1 N–H and O–H groups in total. The van der Waals surface area contributed by atoms with Crippen LogP contribution < -0.4 is 5.32 Å². The van der Waals surface area contributed by atoms with Crippen LogP contribution in [-0.2, 0) is 30.7 Å². The van der Waals surface area contributed by atoms with E-state index in [9.17, 15) is 4.79 Å². The first-order valence-corrected chi connectivity index (χ1v) is 10.9. The van der Waals surface area contributed by atoms with Gasteiger partial charge in [-0.25, -0.2) is 4.98 Å². The zero-order valence-electron chi connectivity index (χ0n) is 18.4. The molecule has 1 amide bonds. The van der Waals surface area contributed by atoms with Gasteiger partial charge in [0, 0.05) is 37.3 Å². The number of aromatic nitrogens is 4. The average molecular weight is 416 g/mol. The summed E-state index contributed by atoms with van der Waals surface area (Å²) < 4.78 is 4.16. The topological polar surface area (TPSA) is 64.7 Å². The Balaban J connectivity index is 1.32. The van der Waals surface area contributed by atoms with Crippen molar-refractivity contribution >= 4 is 22.6 Å². The highest BCUT2D eigenvalue weighted by Gasteiger charge is 2.10. The number of carbonyl (C=O) groups excluding carboxylic acids is 1. The van der Waals surface area contributed by atoms with E-state index in [1.807, 2.05) is 42.8 Å². The molecule has 0 atom stereocenters. The summed E-state index contributed by atoms with van der Waals surface area (Å²) in [5, 5.41) is 7.38. The van der Waals surface area contributed by atoms with Crippen LogP contribution in [0.4, 0.5) is 5.69 Å². The number of amides is 1. The standard InChI is InChI=1S/C25H29N5O/c1-4-29-23-8-6-5-7-22(23)27-24(29)14-11-20-9-12-21(13-10-20)26-25(31)15-16-30-19(3)17-18(2)28-30/h5-10,12-13,17H,4,11,14-16H2,1-3H3,(H,26,31). The minimum atomic E-state index is -0.00281. The van der Waals surface area contributed by atoms with Crippen LogP contribution in [0.15, 0.2) is 54.6 Å². The van der Waals surface area contributed by atoms with Gasteiger partial charge in [0.2, 0.25) is 5.91 Å². The van der Waals surface area contributed by atoms with E-state index in [0.29, 0.717) is 13.0 Å². The number of rotatable bonds is 8. The molecule has 6 nitrogen and oxygen atoms in total. The van der Waals surface area contributed by atoms with Gasteiger partial charge in [-0.1, -0.05) is 24.3 Å². The predicted octanol–water partition coefficient (Wildman–Crippen LogP) is 4.68. The summed E-state index contributed by atoms with van der Waals surface area (Å²) in [7, 11) is 0. The normalized spacial score (nSPS) is 11.2. The highest BCUT2D eigenvalue weighted by molar-refractivity contribution is 5.90. The van der Waals surface area contributed by atoms with E-state index in [1.54, 1.807) is 0 Å². The molecule has 160 valence electrons. The number of para-hydroxylation sites is 2. The van der Waals surface area contributed by atoms with Gasteiger partial charge in [0.25, 0.3) is 0 Å².